The SMILES string of the molecule is O=S1CCN(c2ncnc3ccsc23)CC1. The monoisotopic (exact) mass is 253 g/mol. The fourth-order valence-corrected chi connectivity index (χ4v) is 3.76. The standard InChI is InChI=1S/C10H11N3OS2/c14-16-5-2-13(3-6-16)10-9-8(1-4-15-9)11-7-12-10/h1,4,7H,2-3,5-6H2. The van der Waals surface area contributed by atoms with Crippen LogP contribution in [0.15, 0.2) is 17.8 Å². The molecule has 0 unspecified atom stereocenters. The Balaban J connectivity index is 1.99. The predicted octanol–water partition coefficient (Wildman–Crippen LogP) is 1.26. The summed E-state index contributed by atoms with van der Waals surface area (Å²) >= 11 is 1.67. The van der Waals surface area contributed by atoms with Crippen LogP contribution in [0.2, 0.25) is 0 Å². The lowest BCUT2D eigenvalue weighted by Crippen LogP contribution is -2.38. The molecule has 3 rings (SSSR count). The molecule has 0 amide bonds. The zero-order valence-electron chi connectivity index (χ0n) is 8.63. The van der Waals surface area contributed by atoms with Gasteiger partial charge in [-0.1, -0.05) is 0 Å². The highest BCUT2D eigenvalue weighted by molar-refractivity contribution is 7.85. The smallest absolute Gasteiger partial charge is 0.150 e. The van der Waals surface area contributed by atoms with Crippen LogP contribution in [0.5, 0.6) is 0 Å². The van der Waals surface area contributed by atoms with Crippen molar-refractivity contribution < 1.29 is 4.21 Å². The molecule has 0 aromatic carbocycles. The maximum Gasteiger partial charge on any atom is 0.150 e. The quantitative estimate of drug-likeness (QED) is 0.767. The molecule has 84 valence electrons. The van der Waals surface area contributed by atoms with Crippen molar-refractivity contribution in [3.05, 3.63) is 17.8 Å². The van der Waals surface area contributed by atoms with Gasteiger partial charge in [0.25, 0.3) is 0 Å². The molecule has 0 bridgehead atoms. The lowest BCUT2D eigenvalue weighted by molar-refractivity contribution is 0.672. The van der Waals surface area contributed by atoms with E-state index >= 15 is 0 Å². The van der Waals surface area contributed by atoms with Crippen molar-refractivity contribution in [3.8, 4) is 0 Å². The molecule has 1 saturated heterocycles. The van der Waals surface area contributed by atoms with Crippen LogP contribution in [0.3, 0.4) is 0 Å². The lowest BCUT2D eigenvalue weighted by atomic mass is 10.4. The van der Waals surface area contributed by atoms with Crippen LogP contribution in [0.4, 0.5) is 5.82 Å². The molecule has 2 aromatic rings. The third-order valence-electron chi connectivity index (χ3n) is 2.70. The van der Waals surface area contributed by atoms with Crippen molar-refractivity contribution in [2.75, 3.05) is 29.5 Å². The minimum atomic E-state index is -0.640. The summed E-state index contributed by atoms with van der Waals surface area (Å²) < 4.78 is 12.4. The summed E-state index contributed by atoms with van der Waals surface area (Å²) in [5.74, 6) is 2.49. The number of aromatic nitrogens is 2. The van der Waals surface area contributed by atoms with Gasteiger partial charge in [-0.25, -0.2) is 9.97 Å². The Morgan fingerprint density at radius 1 is 1.31 bits per heavy atom. The molecule has 2 aromatic heterocycles. The van der Waals surface area contributed by atoms with Gasteiger partial charge < -0.3 is 4.90 Å². The van der Waals surface area contributed by atoms with Crippen LogP contribution in [0.25, 0.3) is 10.2 Å². The summed E-state index contributed by atoms with van der Waals surface area (Å²) in [6, 6.07) is 2.01. The molecule has 6 heteroatoms. The van der Waals surface area contributed by atoms with Gasteiger partial charge in [0.1, 0.15) is 12.1 Å². The van der Waals surface area contributed by atoms with Gasteiger partial charge in [0.05, 0.1) is 10.2 Å². The number of anilines is 1. The zero-order chi connectivity index (χ0) is 11.0. The highest BCUT2D eigenvalue weighted by Gasteiger charge is 2.18. The van der Waals surface area contributed by atoms with E-state index in [9.17, 15) is 4.21 Å². The highest BCUT2D eigenvalue weighted by atomic mass is 32.2. The molecule has 0 radical (unpaired) electrons. The third-order valence-corrected chi connectivity index (χ3v) is 4.88. The van der Waals surface area contributed by atoms with E-state index < -0.39 is 10.8 Å². The Hall–Kier alpha value is -1.01. The summed E-state index contributed by atoms with van der Waals surface area (Å²) in [7, 11) is -0.640. The molecule has 16 heavy (non-hydrogen) atoms. The molecule has 0 saturated carbocycles. The van der Waals surface area contributed by atoms with Crippen molar-refractivity contribution in [3.63, 3.8) is 0 Å². The average Bonchev–Trinajstić information content (AvgIpc) is 2.78. The first-order valence-corrected chi connectivity index (χ1v) is 7.49. The van der Waals surface area contributed by atoms with Crippen LogP contribution in [0, 0.1) is 0 Å². The van der Waals surface area contributed by atoms with E-state index in [2.05, 4.69) is 14.9 Å². The Bertz CT molecular complexity index is 530. The number of nitrogens with zero attached hydrogens (tertiary/aromatic N) is 3. The van der Waals surface area contributed by atoms with Gasteiger partial charge >= 0.3 is 0 Å². The number of thiophene rings is 1. The number of hydrogen-bond acceptors (Lipinski definition) is 5. The highest BCUT2D eigenvalue weighted by Crippen LogP contribution is 2.28. The van der Waals surface area contributed by atoms with Gasteiger partial charge in [-0.3, -0.25) is 4.21 Å². The second-order valence-electron chi connectivity index (χ2n) is 3.67. The largest absolute Gasteiger partial charge is 0.353 e. The molecule has 3 heterocycles. The molecular formula is C10H11N3OS2. The second kappa shape index (κ2) is 4.10. The van der Waals surface area contributed by atoms with Gasteiger partial charge in [-0.15, -0.1) is 11.3 Å². The normalized spacial score (nSPS) is 18.1. The van der Waals surface area contributed by atoms with Gasteiger partial charge in [0.2, 0.25) is 0 Å². The Kier molecular flexibility index (Phi) is 2.61. The van der Waals surface area contributed by atoms with E-state index in [1.807, 2.05) is 11.4 Å². The van der Waals surface area contributed by atoms with E-state index in [4.69, 9.17) is 0 Å². The van der Waals surface area contributed by atoms with Crippen molar-refractivity contribution in [1.82, 2.24) is 9.97 Å². The summed E-state index contributed by atoms with van der Waals surface area (Å²) in [6.07, 6.45) is 1.61. The summed E-state index contributed by atoms with van der Waals surface area (Å²) in [5.41, 5.74) is 1.00. The molecule has 0 spiro atoms. The van der Waals surface area contributed by atoms with E-state index in [1.54, 1.807) is 17.7 Å². The maximum absolute atomic E-state index is 11.3. The van der Waals surface area contributed by atoms with Crippen LogP contribution >= 0.6 is 11.3 Å². The number of hydrogen-bond donors (Lipinski definition) is 0. The topological polar surface area (TPSA) is 46.1 Å². The van der Waals surface area contributed by atoms with Crippen LogP contribution < -0.4 is 4.90 Å². The first-order chi connectivity index (χ1) is 7.84. The fourth-order valence-electron chi connectivity index (χ4n) is 1.85. The summed E-state index contributed by atoms with van der Waals surface area (Å²) in [5, 5.41) is 2.03. The van der Waals surface area contributed by atoms with E-state index in [-0.39, 0.29) is 0 Å². The molecule has 0 aliphatic carbocycles. The number of fused-ring (bicyclic) bond motifs is 1. The molecule has 0 atom stereocenters. The van der Waals surface area contributed by atoms with Crippen molar-refractivity contribution in [2.45, 2.75) is 0 Å². The predicted molar refractivity (Wildman–Crippen MR) is 67.5 cm³/mol. The minimum absolute atomic E-state index is 0.640. The van der Waals surface area contributed by atoms with Gasteiger partial charge in [0.15, 0.2) is 0 Å². The average molecular weight is 253 g/mol. The Morgan fingerprint density at radius 3 is 2.94 bits per heavy atom. The molecule has 4 nitrogen and oxygen atoms in total. The van der Waals surface area contributed by atoms with E-state index in [0.717, 1.165) is 40.6 Å². The van der Waals surface area contributed by atoms with Crippen LogP contribution in [-0.2, 0) is 10.8 Å². The lowest BCUT2D eigenvalue weighted by Gasteiger charge is -2.27. The van der Waals surface area contributed by atoms with Gasteiger partial charge in [0, 0.05) is 35.4 Å². The van der Waals surface area contributed by atoms with E-state index in [1.165, 1.54) is 0 Å². The van der Waals surface area contributed by atoms with Crippen LogP contribution in [0.1, 0.15) is 0 Å². The van der Waals surface area contributed by atoms with Gasteiger partial charge in [-0.2, -0.15) is 0 Å². The molecule has 1 aliphatic heterocycles. The first kappa shape index (κ1) is 10.2. The minimum Gasteiger partial charge on any atom is -0.353 e. The summed E-state index contributed by atoms with van der Waals surface area (Å²) in [4.78, 5) is 10.8. The van der Waals surface area contributed by atoms with Crippen molar-refractivity contribution >= 4 is 38.2 Å². The Morgan fingerprint density at radius 2 is 2.12 bits per heavy atom. The molecule has 1 aliphatic rings. The van der Waals surface area contributed by atoms with Crippen molar-refractivity contribution in [2.24, 2.45) is 0 Å². The number of rotatable bonds is 1. The second-order valence-corrected chi connectivity index (χ2v) is 6.28. The zero-order valence-corrected chi connectivity index (χ0v) is 10.3. The Labute approximate surface area is 99.8 Å². The third kappa shape index (κ3) is 1.72. The fraction of sp³-hybridized carbons (Fsp3) is 0.400. The molecule has 0 N–H and O–H groups in total. The van der Waals surface area contributed by atoms with Gasteiger partial charge in [-0.05, 0) is 11.4 Å². The van der Waals surface area contributed by atoms with Crippen molar-refractivity contribution in [1.29, 1.82) is 0 Å². The summed E-state index contributed by atoms with van der Waals surface area (Å²) in [6.45, 7) is 1.66. The maximum atomic E-state index is 11.3. The molecule has 1 fully saturated rings. The molecular weight excluding hydrogens is 242 g/mol. The van der Waals surface area contributed by atoms with E-state index in [0.29, 0.717) is 0 Å². The van der Waals surface area contributed by atoms with Crippen LogP contribution in [-0.4, -0.2) is 38.8 Å². The first-order valence-electron chi connectivity index (χ1n) is 5.13.